The molecule has 2 aliphatic rings. The van der Waals surface area contributed by atoms with E-state index in [1.54, 1.807) is 12.1 Å². The second-order valence-electron chi connectivity index (χ2n) is 5.87. The average molecular weight is 395 g/mol. The number of imide groups is 1. The van der Waals surface area contributed by atoms with Gasteiger partial charge < -0.3 is 10.0 Å². The highest BCUT2D eigenvalue weighted by molar-refractivity contribution is 9.10. The van der Waals surface area contributed by atoms with E-state index in [1.165, 1.54) is 17.9 Å². The quantitative estimate of drug-likeness (QED) is 0.783. The van der Waals surface area contributed by atoms with Crippen LogP contribution in [-0.2, 0) is 9.59 Å². The highest BCUT2D eigenvalue weighted by Gasteiger charge is 2.44. The summed E-state index contributed by atoms with van der Waals surface area (Å²) in [5.41, 5.74) is 0.490. The van der Waals surface area contributed by atoms with Crippen LogP contribution in [0.25, 0.3) is 0 Å². The molecule has 0 aromatic heterocycles. The molecule has 1 aromatic rings. The van der Waals surface area contributed by atoms with Crippen LogP contribution in [-0.4, -0.2) is 57.2 Å². The van der Waals surface area contributed by atoms with Gasteiger partial charge in [-0.15, -0.1) is 0 Å². The van der Waals surface area contributed by atoms with E-state index >= 15 is 0 Å². The monoisotopic (exact) mass is 394 g/mol. The summed E-state index contributed by atoms with van der Waals surface area (Å²) >= 11 is 3.25. The van der Waals surface area contributed by atoms with Crippen LogP contribution in [0, 0.1) is 0 Å². The van der Waals surface area contributed by atoms with Crippen molar-refractivity contribution in [1.82, 2.24) is 9.80 Å². The number of carbonyl (C=O) groups is 4. The fourth-order valence-corrected chi connectivity index (χ4v) is 3.58. The molecular weight excluding hydrogens is 380 g/mol. The van der Waals surface area contributed by atoms with Crippen LogP contribution < -0.4 is 0 Å². The first kappa shape index (κ1) is 16.6. The smallest absolute Gasteiger partial charge is 0.326 e. The van der Waals surface area contributed by atoms with Crippen LogP contribution in [0.2, 0.25) is 0 Å². The first-order valence-corrected chi connectivity index (χ1v) is 8.33. The zero-order valence-electron chi connectivity index (χ0n) is 12.9. The zero-order chi connectivity index (χ0) is 17.6. The van der Waals surface area contributed by atoms with Crippen LogP contribution in [0.4, 0.5) is 0 Å². The maximum Gasteiger partial charge on any atom is 0.326 e. The number of halogens is 1. The SMILES string of the molecule is CC(C(=O)N1CCCC1C(=O)O)N1C(=O)c2ccc(Br)cc2C1=O. The van der Waals surface area contributed by atoms with Crippen molar-refractivity contribution in [3.63, 3.8) is 0 Å². The van der Waals surface area contributed by atoms with Crippen molar-refractivity contribution in [2.45, 2.75) is 31.8 Å². The molecule has 1 fully saturated rings. The molecule has 1 aromatic carbocycles. The summed E-state index contributed by atoms with van der Waals surface area (Å²) < 4.78 is 0.661. The Morgan fingerprint density at radius 1 is 1.25 bits per heavy atom. The summed E-state index contributed by atoms with van der Waals surface area (Å²) in [5, 5.41) is 9.21. The number of carbonyl (C=O) groups excluding carboxylic acids is 3. The second kappa shape index (κ2) is 6.01. The molecule has 7 nitrogen and oxygen atoms in total. The van der Waals surface area contributed by atoms with Gasteiger partial charge in [-0.2, -0.15) is 0 Å². The minimum Gasteiger partial charge on any atom is -0.480 e. The van der Waals surface area contributed by atoms with E-state index in [0.717, 1.165) is 4.90 Å². The van der Waals surface area contributed by atoms with E-state index in [0.29, 0.717) is 23.9 Å². The summed E-state index contributed by atoms with van der Waals surface area (Å²) in [7, 11) is 0. The van der Waals surface area contributed by atoms with Crippen LogP contribution in [0.1, 0.15) is 40.5 Å². The number of likely N-dealkylation sites (tertiary alicyclic amines) is 1. The normalized spacial score (nSPS) is 21.2. The van der Waals surface area contributed by atoms with E-state index in [1.807, 2.05) is 0 Å². The van der Waals surface area contributed by atoms with Gasteiger partial charge in [-0.3, -0.25) is 19.3 Å². The number of benzene rings is 1. The van der Waals surface area contributed by atoms with Gasteiger partial charge in [-0.25, -0.2) is 4.79 Å². The molecule has 0 radical (unpaired) electrons. The molecule has 0 saturated carbocycles. The van der Waals surface area contributed by atoms with Crippen molar-refractivity contribution >= 4 is 39.6 Å². The maximum atomic E-state index is 12.7. The van der Waals surface area contributed by atoms with Crippen molar-refractivity contribution in [2.24, 2.45) is 0 Å². The number of hydrogen-bond donors (Lipinski definition) is 1. The number of nitrogens with zero attached hydrogens (tertiary/aromatic N) is 2. The van der Waals surface area contributed by atoms with Gasteiger partial charge in [-0.1, -0.05) is 15.9 Å². The number of fused-ring (bicyclic) bond motifs is 1. The van der Waals surface area contributed by atoms with Gasteiger partial charge >= 0.3 is 5.97 Å². The zero-order valence-corrected chi connectivity index (χ0v) is 14.4. The molecule has 24 heavy (non-hydrogen) atoms. The number of hydrogen-bond acceptors (Lipinski definition) is 4. The topological polar surface area (TPSA) is 95.0 Å². The van der Waals surface area contributed by atoms with Crippen LogP contribution in [0.15, 0.2) is 22.7 Å². The number of carboxylic acid groups (broad SMARTS) is 1. The molecular formula is C16H15BrN2O5. The Morgan fingerprint density at radius 3 is 2.58 bits per heavy atom. The average Bonchev–Trinajstić information content (AvgIpc) is 3.11. The molecule has 3 rings (SSSR count). The minimum absolute atomic E-state index is 0.241. The number of rotatable bonds is 3. The summed E-state index contributed by atoms with van der Waals surface area (Å²) in [5.74, 6) is -2.66. The number of carboxylic acids is 1. The highest BCUT2D eigenvalue weighted by atomic mass is 79.9. The first-order valence-electron chi connectivity index (χ1n) is 7.53. The minimum atomic E-state index is -1.07. The molecule has 0 bridgehead atoms. The molecule has 8 heteroatoms. The summed E-state index contributed by atoms with van der Waals surface area (Å²) in [6.45, 7) is 1.77. The van der Waals surface area contributed by atoms with Gasteiger partial charge in [0.05, 0.1) is 11.1 Å². The second-order valence-corrected chi connectivity index (χ2v) is 6.79. The van der Waals surface area contributed by atoms with Crippen LogP contribution >= 0.6 is 15.9 Å². The molecule has 0 aliphatic carbocycles. The Labute approximate surface area is 146 Å². The number of amides is 3. The van der Waals surface area contributed by atoms with Gasteiger partial charge in [0.15, 0.2) is 0 Å². The summed E-state index contributed by atoms with van der Waals surface area (Å²) in [4.78, 5) is 51.1. The third-order valence-corrected chi connectivity index (χ3v) is 4.94. The highest BCUT2D eigenvalue weighted by Crippen LogP contribution is 2.29. The van der Waals surface area contributed by atoms with E-state index in [4.69, 9.17) is 0 Å². The first-order chi connectivity index (χ1) is 11.3. The lowest BCUT2D eigenvalue weighted by Crippen LogP contribution is -2.52. The number of aliphatic carboxylic acids is 1. The van der Waals surface area contributed by atoms with Gasteiger partial charge in [-0.05, 0) is 38.0 Å². The van der Waals surface area contributed by atoms with Crippen molar-refractivity contribution in [3.05, 3.63) is 33.8 Å². The standard InChI is InChI=1S/C16H15BrN2O5/c1-8(13(20)18-6-2-3-12(18)16(23)24)19-14(21)10-5-4-9(17)7-11(10)15(19)22/h4-5,7-8,12H,2-3,6H2,1H3,(H,23,24). The van der Waals surface area contributed by atoms with Crippen molar-refractivity contribution in [2.75, 3.05) is 6.54 Å². The summed E-state index contributed by atoms with van der Waals surface area (Å²) in [6, 6.07) is 2.79. The fourth-order valence-electron chi connectivity index (χ4n) is 3.22. The lowest BCUT2D eigenvalue weighted by Gasteiger charge is -2.28. The largest absolute Gasteiger partial charge is 0.480 e. The molecule has 1 N–H and O–H groups in total. The Morgan fingerprint density at radius 2 is 1.92 bits per heavy atom. The van der Waals surface area contributed by atoms with Crippen LogP contribution in [0.5, 0.6) is 0 Å². The van der Waals surface area contributed by atoms with E-state index in [-0.39, 0.29) is 11.1 Å². The van der Waals surface area contributed by atoms with Gasteiger partial charge in [0.2, 0.25) is 5.91 Å². The molecule has 2 heterocycles. The van der Waals surface area contributed by atoms with Crippen molar-refractivity contribution in [1.29, 1.82) is 0 Å². The predicted octanol–water partition coefficient (Wildman–Crippen LogP) is 1.51. The molecule has 2 atom stereocenters. The molecule has 0 spiro atoms. The lowest BCUT2D eigenvalue weighted by atomic mass is 10.1. The Kier molecular flexibility index (Phi) is 4.16. The molecule has 3 amide bonds. The van der Waals surface area contributed by atoms with E-state index < -0.39 is 35.8 Å². The molecule has 2 unspecified atom stereocenters. The third kappa shape index (κ3) is 2.50. The van der Waals surface area contributed by atoms with Crippen molar-refractivity contribution < 1.29 is 24.3 Å². The summed E-state index contributed by atoms with van der Waals surface area (Å²) in [6.07, 6.45) is 0.966. The Bertz CT molecular complexity index is 763. The van der Waals surface area contributed by atoms with Gasteiger partial charge in [0.25, 0.3) is 11.8 Å². The fraction of sp³-hybridized carbons (Fsp3) is 0.375. The van der Waals surface area contributed by atoms with E-state index in [2.05, 4.69) is 15.9 Å². The maximum absolute atomic E-state index is 12.7. The lowest BCUT2D eigenvalue weighted by molar-refractivity contribution is -0.149. The van der Waals surface area contributed by atoms with Crippen molar-refractivity contribution in [3.8, 4) is 0 Å². The predicted molar refractivity (Wildman–Crippen MR) is 86.5 cm³/mol. The van der Waals surface area contributed by atoms with Gasteiger partial charge in [0, 0.05) is 11.0 Å². The Balaban J connectivity index is 1.87. The van der Waals surface area contributed by atoms with Gasteiger partial charge in [0.1, 0.15) is 12.1 Å². The third-order valence-electron chi connectivity index (χ3n) is 4.45. The Hall–Kier alpha value is -2.22. The molecule has 1 saturated heterocycles. The molecule has 2 aliphatic heterocycles. The van der Waals surface area contributed by atoms with E-state index in [9.17, 15) is 24.3 Å². The van der Waals surface area contributed by atoms with Crippen LogP contribution in [0.3, 0.4) is 0 Å². The molecule has 126 valence electrons.